The molecule has 1 N–H and O–H groups in total. The Bertz CT molecular complexity index is 1400. The number of imidazole rings is 1. The average molecular weight is 519 g/mol. The number of hydrogen-bond acceptors (Lipinski definition) is 2. The molecular weight excluding hydrogens is 476 g/mol. The van der Waals surface area contributed by atoms with Gasteiger partial charge in [-0.3, -0.25) is 0 Å². The molecule has 1 atom stereocenters. The molecule has 0 fully saturated rings. The Hall–Kier alpha value is -3.58. The van der Waals surface area contributed by atoms with Crippen molar-refractivity contribution < 1.29 is 0 Å². The number of aromatic amines is 1. The van der Waals surface area contributed by atoms with Crippen LogP contribution in [0.15, 0.2) is 71.8 Å². The zero-order valence-corrected chi connectivity index (χ0v) is 24.1. The standard InChI is InChI=1S/C35H42N4/c1-6-8-20-39(21-9-7-2)29-17-14-25(15-18-29)26-16-19-30-27(22-26)23-28(24-35(30,3)4)33(36-5)34-37-31-12-10-11-13-32(31)38-34/h10-15,17-18,22-23,30H,6-9,16,19-21,24H2,1-4H3,(H,37,38)/b33-28+. The molecule has 0 saturated carbocycles. The highest BCUT2D eigenvalue weighted by Gasteiger charge is 2.38. The number of benzene rings is 2. The van der Waals surface area contributed by atoms with E-state index in [1.165, 1.54) is 48.1 Å². The fraction of sp³-hybridized carbons (Fsp3) is 0.429. The summed E-state index contributed by atoms with van der Waals surface area (Å²) in [5, 5.41) is 0. The number of nitrogens with zero attached hydrogens (tertiary/aromatic N) is 3. The van der Waals surface area contributed by atoms with Gasteiger partial charge in [-0.05, 0) is 90.0 Å². The first-order valence-corrected chi connectivity index (χ1v) is 14.8. The Labute approximate surface area is 234 Å². The lowest BCUT2D eigenvalue weighted by atomic mass is 9.62. The predicted molar refractivity (Wildman–Crippen MR) is 165 cm³/mol. The summed E-state index contributed by atoms with van der Waals surface area (Å²) < 4.78 is 0. The first-order valence-electron chi connectivity index (χ1n) is 14.8. The molecular formula is C35H42N4. The minimum absolute atomic E-state index is 0.0896. The Kier molecular flexibility index (Phi) is 8.07. The summed E-state index contributed by atoms with van der Waals surface area (Å²) in [5.74, 6) is 1.18. The SMILES string of the molecule is [C-]#[N+]/C(=C1\C=C2C=C(c3ccc(N(CCCC)CCCC)cc3)CCC2C(C)(C)C1)c1nc2ccccc2[nH]1. The Morgan fingerprint density at radius 3 is 2.41 bits per heavy atom. The molecule has 4 nitrogen and oxygen atoms in total. The predicted octanol–water partition coefficient (Wildman–Crippen LogP) is 9.45. The van der Waals surface area contributed by atoms with E-state index in [0.717, 1.165) is 49.0 Å². The largest absolute Gasteiger partial charge is 0.372 e. The van der Waals surface area contributed by atoms with Crippen molar-refractivity contribution in [1.29, 1.82) is 0 Å². The van der Waals surface area contributed by atoms with Crippen LogP contribution in [0.5, 0.6) is 0 Å². The highest BCUT2D eigenvalue weighted by atomic mass is 15.1. The molecule has 2 aromatic carbocycles. The molecule has 1 unspecified atom stereocenters. The molecule has 202 valence electrons. The fourth-order valence-electron chi connectivity index (χ4n) is 6.37. The van der Waals surface area contributed by atoms with E-state index in [1.807, 2.05) is 24.3 Å². The van der Waals surface area contributed by atoms with E-state index < -0.39 is 0 Å². The first-order chi connectivity index (χ1) is 18.9. The third-order valence-corrected chi connectivity index (χ3v) is 8.57. The fourth-order valence-corrected chi connectivity index (χ4v) is 6.37. The number of fused-ring (bicyclic) bond motifs is 2. The van der Waals surface area contributed by atoms with E-state index in [0.29, 0.717) is 17.4 Å². The van der Waals surface area contributed by atoms with Crippen LogP contribution in [0, 0.1) is 17.9 Å². The van der Waals surface area contributed by atoms with Gasteiger partial charge in [0.05, 0.1) is 17.6 Å². The first kappa shape index (κ1) is 27.0. The molecule has 39 heavy (non-hydrogen) atoms. The molecule has 0 bridgehead atoms. The van der Waals surface area contributed by atoms with Crippen molar-refractivity contribution in [1.82, 2.24) is 9.97 Å². The highest BCUT2D eigenvalue weighted by molar-refractivity contribution is 5.82. The van der Waals surface area contributed by atoms with Crippen molar-refractivity contribution in [3.05, 3.63) is 94.6 Å². The second-order valence-corrected chi connectivity index (χ2v) is 11.9. The topological polar surface area (TPSA) is 36.3 Å². The molecule has 0 saturated heterocycles. The third kappa shape index (κ3) is 5.74. The van der Waals surface area contributed by atoms with Crippen molar-refractivity contribution in [3.63, 3.8) is 0 Å². The molecule has 1 aromatic heterocycles. The van der Waals surface area contributed by atoms with Crippen LogP contribution in [-0.4, -0.2) is 23.1 Å². The van der Waals surface area contributed by atoms with Crippen LogP contribution in [-0.2, 0) is 0 Å². The van der Waals surface area contributed by atoms with Gasteiger partial charge in [0.1, 0.15) is 5.82 Å². The van der Waals surface area contributed by atoms with Crippen LogP contribution in [0.2, 0.25) is 0 Å². The van der Waals surface area contributed by atoms with E-state index in [2.05, 4.69) is 78.8 Å². The van der Waals surface area contributed by atoms with Gasteiger partial charge in [-0.2, -0.15) is 0 Å². The maximum atomic E-state index is 8.04. The number of anilines is 1. The average Bonchev–Trinajstić information content (AvgIpc) is 3.37. The summed E-state index contributed by atoms with van der Waals surface area (Å²) >= 11 is 0. The molecule has 3 aromatic rings. The molecule has 0 spiro atoms. The Balaban J connectivity index is 1.47. The molecule has 0 aliphatic heterocycles. The molecule has 2 aliphatic carbocycles. The number of nitrogens with one attached hydrogen (secondary N) is 1. The van der Waals surface area contributed by atoms with Crippen molar-refractivity contribution >= 4 is 28.0 Å². The molecule has 2 aliphatic rings. The second kappa shape index (κ2) is 11.7. The Morgan fingerprint density at radius 2 is 1.74 bits per heavy atom. The minimum atomic E-state index is 0.0896. The number of rotatable bonds is 9. The summed E-state index contributed by atoms with van der Waals surface area (Å²) in [7, 11) is 0. The third-order valence-electron chi connectivity index (χ3n) is 8.57. The van der Waals surface area contributed by atoms with E-state index in [4.69, 9.17) is 11.6 Å². The minimum Gasteiger partial charge on any atom is -0.372 e. The van der Waals surface area contributed by atoms with E-state index in [1.54, 1.807) is 0 Å². The van der Waals surface area contributed by atoms with E-state index in [-0.39, 0.29) is 5.41 Å². The highest BCUT2D eigenvalue weighted by Crippen LogP contribution is 2.51. The van der Waals surface area contributed by atoms with Gasteiger partial charge in [0.2, 0.25) is 5.70 Å². The number of H-pyrrole nitrogens is 1. The van der Waals surface area contributed by atoms with Crippen LogP contribution >= 0.6 is 0 Å². The summed E-state index contributed by atoms with van der Waals surface area (Å²) in [6.45, 7) is 19.6. The monoisotopic (exact) mass is 518 g/mol. The lowest BCUT2D eigenvalue weighted by Crippen LogP contribution is -2.31. The number of unbranched alkanes of at least 4 members (excludes halogenated alkanes) is 2. The van der Waals surface area contributed by atoms with Crippen LogP contribution < -0.4 is 4.90 Å². The second-order valence-electron chi connectivity index (χ2n) is 11.9. The summed E-state index contributed by atoms with van der Waals surface area (Å²) in [6, 6.07) is 17.3. The van der Waals surface area contributed by atoms with Crippen LogP contribution in [0.25, 0.3) is 27.1 Å². The van der Waals surface area contributed by atoms with Crippen LogP contribution in [0.3, 0.4) is 0 Å². The van der Waals surface area contributed by atoms with Gasteiger partial charge >= 0.3 is 0 Å². The number of hydrogen-bond donors (Lipinski definition) is 1. The zero-order valence-electron chi connectivity index (χ0n) is 24.1. The van der Waals surface area contributed by atoms with Gasteiger partial charge in [-0.25, -0.2) is 9.83 Å². The maximum absolute atomic E-state index is 8.04. The lowest BCUT2D eigenvalue weighted by Gasteiger charge is -2.42. The maximum Gasteiger partial charge on any atom is 0.231 e. The van der Waals surface area contributed by atoms with E-state index in [9.17, 15) is 0 Å². The van der Waals surface area contributed by atoms with Gasteiger partial charge in [-0.1, -0.05) is 77.0 Å². The van der Waals surface area contributed by atoms with Crippen LogP contribution in [0.4, 0.5) is 5.69 Å². The molecule has 5 rings (SSSR count). The Morgan fingerprint density at radius 1 is 1.03 bits per heavy atom. The van der Waals surface area contributed by atoms with Gasteiger partial charge < -0.3 is 9.88 Å². The number of aromatic nitrogens is 2. The van der Waals surface area contributed by atoms with Crippen molar-refractivity contribution in [2.45, 2.75) is 72.6 Å². The number of allylic oxidation sites excluding steroid dienone is 5. The van der Waals surface area contributed by atoms with Crippen molar-refractivity contribution in [2.24, 2.45) is 11.3 Å². The van der Waals surface area contributed by atoms with Crippen LogP contribution in [0.1, 0.15) is 84.0 Å². The quantitative estimate of drug-likeness (QED) is 0.286. The normalized spacial score (nSPS) is 19.6. The summed E-state index contributed by atoms with van der Waals surface area (Å²) in [6.07, 6.45) is 12.8. The molecule has 0 radical (unpaired) electrons. The van der Waals surface area contributed by atoms with Gasteiger partial charge in [-0.15, -0.1) is 0 Å². The van der Waals surface area contributed by atoms with Gasteiger partial charge in [0.25, 0.3) is 0 Å². The lowest BCUT2D eigenvalue weighted by molar-refractivity contribution is 0.228. The summed E-state index contributed by atoms with van der Waals surface area (Å²) in [5.41, 5.74) is 9.13. The molecule has 4 heteroatoms. The molecule has 0 amide bonds. The van der Waals surface area contributed by atoms with Gasteiger partial charge in [0, 0.05) is 18.8 Å². The smallest absolute Gasteiger partial charge is 0.231 e. The summed E-state index contributed by atoms with van der Waals surface area (Å²) in [4.78, 5) is 14.7. The van der Waals surface area contributed by atoms with Crippen molar-refractivity contribution in [2.75, 3.05) is 18.0 Å². The van der Waals surface area contributed by atoms with Gasteiger partial charge in [0.15, 0.2) is 0 Å². The molecule has 1 heterocycles. The van der Waals surface area contributed by atoms with E-state index >= 15 is 0 Å². The zero-order chi connectivity index (χ0) is 27.4. The van der Waals surface area contributed by atoms with Crippen molar-refractivity contribution in [3.8, 4) is 0 Å². The number of para-hydroxylation sites is 2.